The molecule has 16 nitrogen and oxygen atoms in total. The number of rotatable bonds is 10. The Kier molecular flexibility index (Phi) is 20.4. The number of carbonyl (C=O) groups is 2. The quantitative estimate of drug-likeness (QED) is 0.122. The van der Waals surface area contributed by atoms with Crippen molar-refractivity contribution < 1.29 is 46.0 Å². The van der Waals surface area contributed by atoms with Gasteiger partial charge in [-0.2, -0.15) is 10.5 Å². The predicted molar refractivity (Wildman–Crippen MR) is 325 cm³/mol. The third kappa shape index (κ3) is 14.1. The van der Waals surface area contributed by atoms with E-state index >= 15 is 0 Å². The summed E-state index contributed by atoms with van der Waals surface area (Å²) in [6.07, 6.45) is 6.93. The van der Waals surface area contributed by atoms with Crippen molar-refractivity contribution in [3.8, 4) is 45.9 Å². The van der Waals surface area contributed by atoms with Gasteiger partial charge in [0, 0.05) is 108 Å². The molecule has 3 fully saturated rings. The second kappa shape index (κ2) is 27.0. The Balaban J connectivity index is 0.000000186. The van der Waals surface area contributed by atoms with E-state index in [9.17, 15) is 28.9 Å². The van der Waals surface area contributed by atoms with Crippen LogP contribution in [-0.4, -0.2) is 117 Å². The van der Waals surface area contributed by atoms with Crippen LogP contribution in [0.25, 0.3) is 56.0 Å². The van der Waals surface area contributed by atoms with Gasteiger partial charge >= 0.3 is 7.12 Å². The number of halogens is 3. The van der Waals surface area contributed by atoms with Gasteiger partial charge in [0.25, 0.3) is 11.8 Å². The molecule has 0 bridgehead atoms. The number of anilines is 2. The molecule has 7 heterocycles. The van der Waals surface area contributed by atoms with E-state index in [1.165, 1.54) is 34.1 Å². The van der Waals surface area contributed by atoms with Gasteiger partial charge in [0.2, 0.25) is 0 Å². The number of hydrogen-bond donors (Lipinski definition) is 2. The number of nitrogens with zero attached hydrogens (tertiary/aromatic N) is 6. The number of fused-ring (bicyclic) bond motifs is 2. The summed E-state index contributed by atoms with van der Waals surface area (Å²) in [5, 5.41) is 26.7. The Morgan fingerprint density at radius 2 is 1.06 bits per heavy atom. The normalized spacial score (nSPS) is 15.4. The van der Waals surface area contributed by atoms with Crippen molar-refractivity contribution in [2.75, 3.05) is 65.3 Å². The van der Waals surface area contributed by atoms with E-state index in [0.29, 0.717) is 69.1 Å². The fourth-order valence-corrected chi connectivity index (χ4v) is 9.70. The number of nitrogens with one attached hydrogen (secondary N) is 2. The van der Waals surface area contributed by atoms with E-state index in [2.05, 4.69) is 32.7 Å². The van der Waals surface area contributed by atoms with Crippen LogP contribution in [0, 0.1) is 34.3 Å². The van der Waals surface area contributed by atoms with E-state index in [1.807, 2.05) is 70.2 Å². The first kappa shape index (κ1) is 63.4. The van der Waals surface area contributed by atoms with E-state index in [4.69, 9.17) is 39.2 Å². The number of aromatic nitrogens is 2. The Bertz CT molecular complexity index is 3730. The summed E-state index contributed by atoms with van der Waals surface area (Å²) >= 11 is 6.02. The second-order valence-corrected chi connectivity index (χ2v) is 21.9. The first-order valence-electron chi connectivity index (χ1n) is 26.8. The largest absolute Gasteiger partial charge is 0.494 e. The highest BCUT2D eigenvalue weighted by Gasteiger charge is 2.51. The van der Waals surface area contributed by atoms with Crippen molar-refractivity contribution in [2.24, 2.45) is 0 Å². The lowest BCUT2D eigenvalue weighted by Crippen LogP contribution is -2.41. The maximum atomic E-state index is 14.9. The Morgan fingerprint density at radius 3 is 1.52 bits per heavy atom. The first-order valence-corrected chi connectivity index (χ1v) is 27.2. The molecule has 4 aromatic heterocycles. The highest BCUT2D eigenvalue weighted by molar-refractivity contribution is 6.62. The summed E-state index contributed by atoms with van der Waals surface area (Å²) in [6, 6.07) is 31.9. The van der Waals surface area contributed by atoms with Crippen LogP contribution >= 0.6 is 11.6 Å². The topological polar surface area (TPSA) is 201 Å². The highest BCUT2D eigenvalue weighted by atomic mass is 35.5. The lowest BCUT2D eigenvalue weighted by Gasteiger charge is -2.32. The smallest absolute Gasteiger partial charge is 0.454 e. The van der Waals surface area contributed by atoms with Crippen molar-refractivity contribution in [2.45, 2.75) is 91.5 Å². The molecule has 3 saturated heterocycles. The van der Waals surface area contributed by atoms with Crippen LogP contribution in [0.5, 0.6) is 0 Å². The molecule has 3 aliphatic heterocycles. The van der Waals surface area contributed by atoms with Gasteiger partial charge in [-0.25, -0.2) is 8.78 Å². The number of ether oxygens (including phenoxy) is 2. The Hall–Kier alpha value is -8.17. The zero-order chi connectivity index (χ0) is 58.5. The summed E-state index contributed by atoms with van der Waals surface area (Å²) in [5.74, 6) is -1.01. The minimum atomic E-state index is -0.557. The number of nitriles is 2. The highest BCUT2D eigenvalue weighted by Crippen LogP contribution is 2.39. The summed E-state index contributed by atoms with van der Waals surface area (Å²) < 4.78 is 63.9. The lowest BCUT2D eigenvalue weighted by atomic mass is 9.78. The number of furan rings is 2. The van der Waals surface area contributed by atoms with Crippen molar-refractivity contribution >= 4 is 69.6 Å². The molecule has 8 aromatic rings. The van der Waals surface area contributed by atoms with E-state index in [1.54, 1.807) is 70.9 Å². The average Bonchev–Trinajstić information content (AvgIpc) is 4.39. The predicted octanol–water partition coefficient (Wildman–Crippen LogP) is 13.2. The Morgan fingerprint density at radius 1 is 0.607 bits per heavy atom. The molecule has 438 valence electrons. The van der Waals surface area contributed by atoms with Crippen LogP contribution in [0.4, 0.5) is 20.2 Å². The molecular formula is C64H70BClF2N8O8. The summed E-state index contributed by atoms with van der Waals surface area (Å²) in [6.45, 7) is 11.1. The first-order chi connectivity index (χ1) is 39.2. The summed E-state index contributed by atoms with van der Waals surface area (Å²) in [4.78, 5) is 35.3. The third-order valence-corrected chi connectivity index (χ3v) is 15.2. The maximum Gasteiger partial charge on any atom is 0.494 e. The van der Waals surface area contributed by atoms with Crippen LogP contribution in [0.2, 0.25) is 5.02 Å². The van der Waals surface area contributed by atoms with Crippen LogP contribution < -0.4 is 16.1 Å². The molecule has 0 spiro atoms. The van der Waals surface area contributed by atoms with Crippen molar-refractivity contribution in [3.63, 3.8) is 0 Å². The van der Waals surface area contributed by atoms with Crippen molar-refractivity contribution in [3.05, 3.63) is 148 Å². The van der Waals surface area contributed by atoms with Gasteiger partial charge < -0.3 is 48.1 Å². The second-order valence-electron chi connectivity index (χ2n) is 21.5. The summed E-state index contributed by atoms with van der Waals surface area (Å²) in [7, 11) is 6.01. The number of carbonyl (C=O) groups excluding carboxylic acids is 2. The molecule has 11 rings (SSSR count). The van der Waals surface area contributed by atoms with Gasteiger partial charge in [0.1, 0.15) is 46.3 Å². The van der Waals surface area contributed by atoms with Crippen molar-refractivity contribution in [1.82, 2.24) is 19.8 Å². The fourth-order valence-electron chi connectivity index (χ4n) is 9.51. The molecule has 0 saturated carbocycles. The molecule has 84 heavy (non-hydrogen) atoms. The summed E-state index contributed by atoms with van der Waals surface area (Å²) in [5.41, 5.74) is 7.50. The van der Waals surface area contributed by atoms with Gasteiger partial charge in [-0.15, -0.1) is 0 Å². The molecule has 2 amide bonds. The molecule has 0 radical (unpaired) electrons. The number of amides is 2. The fraction of sp³-hybridized carbons (Fsp3) is 0.344. The van der Waals surface area contributed by atoms with E-state index in [-0.39, 0.29) is 66.2 Å². The van der Waals surface area contributed by atoms with Gasteiger partial charge in [-0.3, -0.25) is 19.6 Å². The standard InChI is InChI=1S/C28H25FN4O3.C18H25BN2O3.C16H12ClFN2O2.2CH4/c1-33(2)28(34)18-3-5-22(23(29)14-18)26-15-25-27(36-26)21(7-10-31-25)17-4-6-24(19(13-17)16-30)32-20-8-11-35-12-9-20;1-17(2)18(3,4)24-19(23-17)14-5-6-16(13(11-14)12-20)21-15-7-9-22-10-8-15;1-20(2)16(21)9-3-4-10(12(18)7-9)14-8-13-15(22-14)11(17)5-6-19-13;;/h3-7,10,13-15,20,32H,8-9,11-12H2,1-2H3;5-6,11,15,21H,7-10H2,1-4H3;3-8H,1-2H3;2*1H4. The molecule has 20 heteroatoms. The van der Waals surface area contributed by atoms with Gasteiger partial charge in [-0.05, 0) is 137 Å². The molecule has 3 aliphatic rings. The minimum absolute atomic E-state index is 0. The van der Waals surface area contributed by atoms with Gasteiger partial charge in [-0.1, -0.05) is 38.6 Å². The molecule has 0 atom stereocenters. The van der Waals surface area contributed by atoms with Gasteiger partial charge in [0.05, 0.1) is 49.9 Å². The van der Waals surface area contributed by atoms with Crippen molar-refractivity contribution in [1.29, 1.82) is 10.5 Å². The lowest BCUT2D eigenvalue weighted by molar-refractivity contribution is 0.00578. The van der Waals surface area contributed by atoms with Crippen LogP contribution in [0.3, 0.4) is 0 Å². The van der Waals surface area contributed by atoms with E-state index in [0.717, 1.165) is 66.9 Å². The molecular weight excluding hydrogens is 1090 g/mol. The van der Waals surface area contributed by atoms with Crippen LogP contribution in [0.15, 0.2) is 118 Å². The van der Waals surface area contributed by atoms with E-state index < -0.39 is 18.8 Å². The molecule has 0 aliphatic carbocycles. The third-order valence-electron chi connectivity index (χ3n) is 14.9. The molecule has 4 aromatic carbocycles. The zero-order valence-corrected chi connectivity index (χ0v) is 47.6. The molecule has 2 N–H and O–H groups in total. The van der Waals surface area contributed by atoms with Crippen LogP contribution in [0.1, 0.15) is 100 Å². The number of hydrogen-bond acceptors (Lipinski definition) is 14. The minimum Gasteiger partial charge on any atom is -0.454 e. The average molecular weight is 1160 g/mol. The zero-order valence-electron chi connectivity index (χ0n) is 46.9. The Labute approximate surface area is 494 Å². The SMILES string of the molecule is C.C.CC1(C)OB(c2ccc(NC3CCOCC3)c(C#N)c2)OC1(C)C.CN(C)C(=O)c1ccc(-c2cc3nccc(-c4ccc(NC5CCOCC5)c(C#N)c4)c3o2)c(F)c1.CN(C)C(=O)c1ccc(-c2cc3nccc(Cl)c3o2)c(F)c1. The number of pyridine rings is 2. The maximum absolute atomic E-state index is 14.9. The molecule has 0 unspecified atom stereocenters. The van der Waals surface area contributed by atoms with Crippen LogP contribution in [-0.2, 0) is 18.8 Å². The van der Waals surface area contributed by atoms with Gasteiger partial charge in [0.15, 0.2) is 11.2 Å². The number of benzene rings is 4. The monoisotopic (exact) mass is 1160 g/mol.